The summed E-state index contributed by atoms with van der Waals surface area (Å²) in [4.78, 5) is 11.8. The maximum absolute atomic E-state index is 12.8. The summed E-state index contributed by atoms with van der Waals surface area (Å²) in [6.45, 7) is 2.95. The van der Waals surface area contributed by atoms with E-state index in [4.69, 9.17) is 0 Å². The molecule has 0 aliphatic carbocycles. The fourth-order valence-corrected chi connectivity index (χ4v) is 6.92. The van der Waals surface area contributed by atoms with Crippen LogP contribution in [0.5, 0.6) is 0 Å². The normalized spacial score (nSPS) is 15.1. The summed E-state index contributed by atoms with van der Waals surface area (Å²) in [7, 11) is -4.18. The highest BCUT2D eigenvalue weighted by Crippen LogP contribution is 2.26. The van der Waals surface area contributed by atoms with Gasteiger partial charge < -0.3 is 10.2 Å². The van der Waals surface area contributed by atoms with Crippen LogP contribution in [0.2, 0.25) is 0 Å². The van der Waals surface area contributed by atoms with Crippen LogP contribution in [0.15, 0.2) is 88.9 Å². The summed E-state index contributed by atoms with van der Waals surface area (Å²) in [6.07, 6.45) is 4.75. The predicted molar refractivity (Wildman–Crippen MR) is 148 cm³/mol. The zero-order valence-corrected chi connectivity index (χ0v) is 22.2. The van der Waals surface area contributed by atoms with Crippen LogP contribution in [-0.4, -0.2) is 58.6 Å². The number of hydrogen-bond acceptors (Lipinski definition) is 7. The Morgan fingerprint density at radius 3 is 2.35 bits per heavy atom. The fraction of sp³-hybridized carbons (Fsp3) is 0.286. The molecule has 1 fully saturated rings. The van der Waals surface area contributed by atoms with Crippen molar-refractivity contribution in [2.45, 2.75) is 29.1 Å². The molecule has 0 atom stereocenters. The molecule has 1 saturated heterocycles. The number of unbranched alkanes of at least 4 members (excludes halogenated alkanes) is 1. The third-order valence-corrected chi connectivity index (χ3v) is 9.70. The summed E-state index contributed by atoms with van der Waals surface area (Å²) in [5.41, 5.74) is 2.86. The van der Waals surface area contributed by atoms with Gasteiger partial charge in [-0.3, -0.25) is 4.21 Å². The van der Waals surface area contributed by atoms with E-state index in [9.17, 15) is 12.6 Å². The van der Waals surface area contributed by atoms with E-state index >= 15 is 0 Å². The van der Waals surface area contributed by atoms with E-state index in [-0.39, 0.29) is 9.79 Å². The van der Waals surface area contributed by atoms with Gasteiger partial charge in [0.05, 0.1) is 15.3 Å². The van der Waals surface area contributed by atoms with Crippen molar-refractivity contribution in [2.24, 2.45) is 0 Å². The number of fused-ring (bicyclic) bond motifs is 1. The van der Waals surface area contributed by atoms with Gasteiger partial charge >= 0.3 is 0 Å². The molecule has 0 radical (unpaired) electrons. The van der Waals surface area contributed by atoms with Crippen LogP contribution >= 0.6 is 0 Å². The predicted octanol–water partition coefficient (Wildman–Crippen LogP) is 4.59. The van der Waals surface area contributed by atoms with Crippen LogP contribution in [-0.2, 0) is 27.1 Å². The highest BCUT2D eigenvalue weighted by atomic mass is 32.2. The maximum Gasteiger partial charge on any atom is 0.206 e. The molecule has 0 saturated carbocycles. The molecule has 37 heavy (non-hydrogen) atoms. The number of aromatic nitrogens is 2. The van der Waals surface area contributed by atoms with Crippen molar-refractivity contribution in [1.29, 1.82) is 0 Å². The quantitative estimate of drug-likeness (QED) is 0.314. The second-order valence-electron chi connectivity index (χ2n) is 9.19. The monoisotopic (exact) mass is 534 g/mol. The third kappa shape index (κ3) is 6.23. The summed E-state index contributed by atoms with van der Waals surface area (Å²) in [5.74, 6) is 2.28. The lowest BCUT2D eigenvalue weighted by Crippen LogP contribution is -2.38. The van der Waals surface area contributed by atoms with Crippen molar-refractivity contribution >= 4 is 43.0 Å². The maximum atomic E-state index is 12.8. The minimum Gasteiger partial charge on any atom is -0.340 e. The van der Waals surface area contributed by atoms with E-state index in [0.717, 1.165) is 67.0 Å². The SMILES string of the molecule is O=S1CCN(CCCCc2ccc3c(Nc4ccc(S(=O)(=O)c5ccccc5)cc4)ncnc3c2)CC1. The standard InChI is InChI=1S/C28H30N4O3S2/c33-36-18-16-32(17-19-36)15-5-4-6-22-9-14-26-27(20-22)29-21-30-28(26)31-23-10-12-25(13-11-23)37(34,35)24-7-2-1-3-8-24/h1-3,7-14,20-21H,4-6,15-19H2,(H,29,30,31). The van der Waals surface area contributed by atoms with Crippen LogP contribution in [0.1, 0.15) is 18.4 Å². The number of aryl methyl sites for hydroxylation is 1. The second-order valence-corrected chi connectivity index (χ2v) is 12.8. The largest absolute Gasteiger partial charge is 0.340 e. The lowest BCUT2D eigenvalue weighted by molar-refractivity contribution is 0.293. The second kappa shape index (κ2) is 11.5. The topological polar surface area (TPSA) is 92.3 Å². The molecule has 4 aromatic rings. The van der Waals surface area contributed by atoms with Gasteiger partial charge in [0.15, 0.2) is 0 Å². The molecule has 0 spiro atoms. The Morgan fingerprint density at radius 2 is 1.59 bits per heavy atom. The molecule has 0 amide bonds. The molecule has 192 valence electrons. The molecule has 1 aliphatic heterocycles. The summed E-state index contributed by atoms with van der Waals surface area (Å²) in [6, 6.07) is 21.4. The van der Waals surface area contributed by atoms with Gasteiger partial charge in [0.2, 0.25) is 9.84 Å². The van der Waals surface area contributed by atoms with Crippen molar-refractivity contribution in [3.05, 3.63) is 84.7 Å². The van der Waals surface area contributed by atoms with Crippen LogP contribution in [0.4, 0.5) is 11.5 Å². The van der Waals surface area contributed by atoms with Crippen LogP contribution in [0.25, 0.3) is 10.9 Å². The van der Waals surface area contributed by atoms with Gasteiger partial charge in [0.1, 0.15) is 12.1 Å². The molecular formula is C28H30N4O3S2. The summed E-state index contributed by atoms with van der Waals surface area (Å²) in [5, 5.41) is 4.21. The zero-order chi connectivity index (χ0) is 25.7. The molecule has 9 heteroatoms. The molecule has 1 aliphatic rings. The van der Waals surface area contributed by atoms with Gasteiger partial charge in [0, 0.05) is 46.5 Å². The average Bonchev–Trinajstić information content (AvgIpc) is 2.93. The van der Waals surface area contributed by atoms with Crippen LogP contribution < -0.4 is 5.32 Å². The van der Waals surface area contributed by atoms with Gasteiger partial charge in [-0.25, -0.2) is 18.4 Å². The first kappa shape index (κ1) is 25.5. The summed E-state index contributed by atoms with van der Waals surface area (Å²) < 4.78 is 37.2. The molecule has 1 aromatic heterocycles. The van der Waals surface area contributed by atoms with Gasteiger partial charge in [-0.15, -0.1) is 0 Å². The molecule has 3 aromatic carbocycles. The molecule has 7 nitrogen and oxygen atoms in total. The van der Waals surface area contributed by atoms with E-state index in [0.29, 0.717) is 5.82 Å². The molecule has 5 rings (SSSR count). The minimum atomic E-state index is -3.55. The Balaban J connectivity index is 1.22. The third-order valence-electron chi connectivity index (χ3n) is 6.64. The number of benzene rings is 3. The smallest absolute Gasteiger partial charge is 0.206 e. The van der Waals surface area contributed by atoms with E-state index in [1.54, 1.807) is 60.9 Å². The number of nitrogens with one attached hydrogen (secondary N) is 1. The molecule has 2 heterocycles. The van der Waals surface area contributed by atoms with Crippen molar-refractivity contribution in [2.75, 3.05) is 36.5 Å². The van der Waals surface area contributed by atoms with Crippen molar-refractivity contribution in [3.63, 3.8) is 0 Å². The Morgan fingerprint density at radius 1 is 0.865 bits per heavy atom. The minimum absolute atomic E-state index is 0.247. The van der Waals surface area contributed by atoms with Crippen molar-refractivity contribution < 1.29 is 12.6 Å². The van der Waals surface area contributed by atoms with Gasteiger partial charge in [-0.05, 0) is 79.9 Å². The first-order valence-electron chi connectivity index (χ1n) is 12.5. The first-order valence-corrected chi connectivity index (χ1v) is 15.4. The van der Waals surface area contributed by atoms with E-state index < -0.39 is 20.6 Å². The Bertz CT molecular complexity index is 1480. The zero-order valence-electron chi connectivity index (χ0n) is 20.5. The molecule has 1 N–H and O–H groups in total. The fourth-order valence-electron chi connectivity index (χ4n) is 4.51. The lowest BCUT2D eigenvalue weighted by atomic mass is 10.1. The Kier molecular flexibility index (Phi) is 7.93. The number of hydrogen-bond donors (Lipinski definition) is 1. The van der Waals surface area contributed by atoms with E-state index in [1.807, 2.05) is 6.07 Å². The first-order chi connectivity index (χ1) is 18.0. The highest BCUT2D eigenvalue weighted by Gasteiger charge is 2.17. The molecule has 0 bridgehead atoms. The van der Waals surface area contributed by atoms with Crippen molar-refractivity contribution in [1.82, 2.24) is 14.9 Å². The lowest BCUT2D eigenvalue weighted by Gasteiger charge is -2.25. The number of rotatable bonds is 9. The number of nitrogens with zero attached hydrogens (tertiary/aromatic N) is 3. The van der Waals surface area contributed by atoms with Gasteiger partial charge in [-0.1, -0.05) is 24.3 Å². The Hall–Kier alpha value is -3.14. The van der Waals surface area contributed by atoms with Gasteiger partial charge in [0.25, 0.3) is 0 Å². The summed E-state index contributed by atoms with van der Waals surface area (Å²) >= 11 is 0. The average molecular weight is 535 g/mol. The molecular weight excluding hydrogens is 504 g/mol. The van der Waals surface area contributed by atoms with E-state index in [1.165, 1.54) is 5.56 Å². The number of anilines is 2. The Labute approximate surface area is 220 Å². The van der Waals surface area contributed by atoms with Crippen LogP contribution in [0, 0.1) is 0 Å². The van der Waals surface area contributed by atoms with Gasteiger partial charge in [-0.2, -0.15) is 0 Å². The highest BCUT2D eigenvalue weighted by molar-refractivity contribution is 7.91. The molecule has 0 unspecified atom stereocenters. The van der Waals surface area contributed by atoms with Crippen LogP contribution in [0.3, 0.4) is 0 Å². The van der Waals surface area contributed by atoms with E-state index in [2.05, 4.69) is 32.3 Å². The van der Waals surface area contributed by atoms with Crippen molar-refractivity contribution in [3.8, 4) is 0 Å². The number of sulfone groups is 1.